The Labute approximate surface area is 231 Å². The van der Waals surface area contributed by atoms with E-state index < -0.39 is 111 Å². The fraction of sp³-hybridized carbons (Fsp3) is 0.739. The third kappa shape index (κ3) is 6.76. The van der Waals surface area contributed by atoms with Crippen molar-refractivity contribution in [1.82, 2.24) is 0 Å². The first-order valence-electron chi connectivity index (χ1n) is 12.6. The number of ether oxygens (including phenoxy) is 6. The lowest BCUT2D eigenvalue weighted by atomic mass is 9.96. The summed E-state index contributed by atoms with van der Waals surface area (Å²) in [4.78, 5) is 10.2. The van der Waals surface area contributed by atoms with Crippen LogP contribution in [0.25, 0.3) is 0 Å². The molecule has 4 rings (SSSR count). The van der Waals surface area contributed by atoms with E-state index in [4.69, 9.17) is 28.4 Å². The fourth-order valence-corrected chi connectivity index (χ4v) is 4.61. The molecule has 3 heterocycles. The van der Waals surface area contributed by atoms with Crippen LogP contribution in [0.1, 0.15) is 0 Å². The summed E-state index contributed by atoms with van der Waals surface area (Å²) in [6.45, 7) is -1.96. The Balaban J connectivity index is 1.41. The summed E-state index contributed by atoms with van der Waals surface area (Å²) in [5.41, 5.74) is -0.192. The van der Waals surface area contributed by atoms with E-state index in [0.29, 0.717) is 0 Å². The van der Waals surface area contributed by atoms with Gasteiger partial charge in [-0.15, -0.1) is 0 Å². The van der Waals surface area contributed by atoms with Crippen LogP contribution in [0.15, 0.2) is 24.3 Å². The number of nitro benzene ring substituents is 1. The number of nitrogens with zero attached hydrogens (tertiary/aromatic N) is 1. The van der Waals surface area contributed by atoms with Gasteiger partial charge in [-0.2, -0.15) is 0 Å². The van der Waals surface area contributed by atoms with E-state index in [9.17, 15) is 56.1 Å². The van der Waals surface area contributed by atoms with Crippen molar-refractivity contribution in [3.8, 4) is 5.75 Å². The minimum absolute atomic E-state index is 0.102. The van der Waals surface area contributed by atoms with Crippen LogP contribution >= 0.6 is 0 Å². The molecule has 14 unspecified atom stereocenters. The SMILES string of the molecule is O=[N+]([O-])c1ccc(OC2OCC(OC3OC(CO)C(O)C(OC4OC(CO)C(O)C(O)C4O)C3O)C(O)C2O)cc1. The molecule has 0 aliphatic carbocycles. The maximum absolute atomic E-state index is 10.9. The van der Waals surface area contributed by atoms with Crippen LogP contribution < -0.4 is 4.74 Å². The van der Waals surface area contributed by atoms with Crippen LogP contribution in [0.3, 0.4) is 0 Å². The Morgan fingerprint density at radius 1 is 0.732 bits per heavy atom. The highest BCUT2D eigenvalue weighted by molar-refractivity contribution is 5.36. The number of benzene rings is 1. The van der Waals surface area contributed by atoms with Gasteiger partial charge in [0.15, 0.2) is 12.6 Å². The van der Waals surface area contributed by atoms with Crippen molar-refractivity contribution in [3.63, 3.8) is 0 Å². The number of hydrogen-bond donors (Lipinski definition) is 9. The standard InChI is InChI=1S/C23H33NO17/c25-5-10-13(27)16(30)18(32)22(38-10)41-20-15(29)11(6-26)39-23(19(20)33)40-12-7-36-21(17(31)14(12)28)37-9-3-1-8(2-4-9)24(34)35/h1-4,10-23,25-33H,5-7H2. The quantitative estimate of drug-likeness (QED) is 0.0954. The molecule has 3 fully saturated rings. The van der Waals surface area contributed by atoms with Gasteiger partial charge < -0.3 is 74.4 Å². The Bertz CT molecular complexity index is 999. The van der Waals surface area contributed by atoms with E-state index in [1.54, 1.807) is 0 Å². The van der Waals surface area contributed by atoms with Crippen LogP contribution in [0.2, 0.25) is 0 Å². The molecule has 14 atom stereocenters. The lowest BCUT2D eigenvalue weighted by molar-refractivity contribution is -0.384. The molecule has 1 aromatic rings. The Kier molecular flexibility index (Phi) is 10.4. The molecule has 18 nitrogen and oxygen atoms in total. The molecule has 1 aromatic carbocycles. The molecule has 0 saturated carbocycles. The van der Waals surface area contributed by atoms with E-state index in [1.165, 1.54) is 24.3 Å². The predicted octanol–water partition coefficient (Wildman–Crippen LogP) is -4.94. The van der Waals surface area contributed by atoms with Crippen LogP contribution in [-0.2, 0) is 23.7 Å². The highest BCUT2D eigenvalue weighted by atomic mass is 16.8. The van der Waals surface area contributed by atoms with E-state index in [1.807, 2.05) is 0 Å². The van der Waals surface area contributed by atoms with Gasteiger partial charge >= 0.3 is 0 Å². The molecule has 9 N–H and O–H groups in total. The summed E-state index contributed by atoms with van der Waals surface area (Å²) in [6.07, 6.45) is -23.0. The highest BCUT2D eigenvalue weighted by Gasteiger charge is 2.52. The first-order chi connectivity index (χ1) is 19.5. The van der Waals surface area contributed by atoms with Gasteiger partial charge in [-0.05, 0) is 12.1 Å². The second kappa shape index (κ2) is 13.4. The van der Waals surface area contributed by atoms with E-state index in [-0.39, 0.29) is 11.4 Å². The minimum atomic E-state index is -1.86. The second-order valence-electron chi connectivity index (χ2n) is 9.73. The normalized spacial score (nSPS) is 43.4. The lowest BCUT2D eigenvalue weighted by Crippen LogP contribution is -2.66. The smallest absolute Gasteiger partial charge is 0.269 e. The Morgan fingerprint density at radius 2 is 1.29 bits per heavy atom. The summed E-state index contributed by atoms with van der Waals surface area (Å²) < 4.78 is 32.6. The summed E-state index contributed by atoms with van der Waals surface area (Å²) in [6, 6.07) is 4.88. The summed E-state index contributed by atoms with van der Waals surface area (Å²) in [5, 5.41) is 103. The average Bonchev–Trinajstić information content (AvgIpc) is 2.96. The topological polar surface area (TPSA) is 281 Å². The molecule has 0 radical (unpaired) electrons. The monoisotopic (exact) mass is 595 g/mol. The van der Waals surface area contributed by atoms with Crippen molar-refractivity contribution >= 4 is 5.69 Å². The first kappa shape index (κ1) is 31.8. The molecule has 232 valence electrons. The lowest BCUT2D eigenvalue weighted by Gasteiger charge is -2.47. The zero-order valence-corrected chi connectivity index (χ0v) is 21.3. The zero-order valence-electron chi connectivity index (χ0n) is 21.3. The fourth-order valence-electron chi connectivity index (χ4n) is 4.61. The average molecular weight is 596 g/mol. The van der Waals surface area contributed by atoms with Gasteiger partial charge in [0.05, 0.1) is 24.7 Å². The third-order valence-electron chi connectivity index (χ3n) is 7.00. The van der Waals surface area contributed by atoms with Gasteiger partial charge in [0.1, 0.15) is 72.9 Å². The molecule has 3 aliphatic heterocycles. The highest BCUT2D eigenvalue weighted by Crippen LogP contribution is 2.31. The summed E-state index contributed by atoms with van der Waals surface area (Å²) >= 11 is 0. The number of aliphatic hydroxyl groups excluding tert-OH is 9. The summed E-state index contributed by atoms with van der Waals surface area (Å²) in [7, 11) is 0. The predicted molar refractivity (Wildman–Crippen MR) is 127 cm³/mol. The summed E-state index contributed by atoms with van der Waals surface area (Å²) in [5.74, 6) is 0.102. The number of aliphatic hydroxyl groups is 9. The van der Waals surface area contributed by atoms with Gasteiger partial charge in [0, 0.05) is 12.1 Å². The molecule has 0 spiro atoms. The van der Waals surface area contributed by atoms with Crippen LogP contribution in [0, 0.1) is 10.1 Å². The van der Waals surface area contributed by atoms with E-state index in [2.05, 4.69) is 0 Å². The first-order valence-corrected chi connectivity index (χ1v) is 12.6. The van der Waals surface area contributed by atoms with Gasteiger partial charge in [0.25, 0.3) is 5.69 Å². The Morgan fingerprint density at radius 3 is 1.88 bits per heavy atom. The minimum Gasteiger partial charge on any atom is -0.462 e. The van der Waals surface area contributed by atoms with Crippen molar-refractivity contribution in [3.05, 3.63) is 34.4 Å². The molecular weight excluding hydrogens is 562 g/mol. The molecule has 3 saturated heterocycles. The number of non-ortho nitro benzene ring substituents is 1. The van der Waals surface area contributed by atoms with E-state index in [0.717, 1.165) is 0 Å². The van der Waals surface area contributed by atoms with E-state index >= 15 is 0 Å². The largest absolute Gasteiger partial charge is 0.462 e. The molecule has 0 bridgehead atoms. The maximum atomic E-state index is 10.9. The molecule has 0 aromatic heterocycles. The van der Waals surface area contributed by atoms with Gasteiger partial charge in [-0.1, -0.05) is 0 Å². The van der Waals surface area contributed by atoms with Crippen molar-refractivity contribution in [2.75, 3.05) is 19.8 Å². The van der Waals surface area contributed by atoms with Gasteiger partial charge in [-0.3, -0.25) is 10.1 Å². The van der Waals surface area contributed by atoms with Crippen LogP contribution in [0.4, 0.5) is 5.69 Å². The molecule has 3 aliphatic rings. The number of nitro groups is 1. The van der Waals surface area contributed by atoms with Crippen molar-refractivity contribution in [2.24, 2.45) is 0 Å². The third-order valence-corrected chi connectivity index (χ3v) is 7.00. The Hall–Kier alpha value is -2.14. The molecule has 41 heavy (non-hydrogen) atoms. The van der Waals surface area contributed by atoms with Gasteiger partial charge in [-0.25, -0.2) is 0 Å². The number of hydrogen-bond acceptors (Lipinski definition) is 17. The molecule has 0 amide bonds. The van der Waals surface area contributed by atoms with Crippen LogP contribution in [0.5, 0.6) is 5.75 Å². The molecular formula is C23H33NO17. The molecule has 18 heteroatoms. The van der Waals surface area contributed by atoms with Gasteiger partial charge in [0.2, 0.25) is 6.29 Å². The maximum Gasteiger partial charge on any atom is 0.269 e. The second-order valence-corrected chi connectivity index (χ2v) is 9.73. The van der Waals surface area contributed by atoms with Crippen molar-refractivity contribution in [1.29, 1.82) is 0 Å². The van der Waals surface area contributed by atoms with Crippen LogP contribution in [-0.4, -0.2) is 157 Å². The number of rotatable bonds is 9. The van der Waals surface area contributed by atoms with Crippen molar-refractivity contribution < 1.29 is 79.3 Å². The van der Waals surface area contributed by atoms with Crippen molar-refractivity contribution in [2.45, 2.75) is 86.0 Å². The zero-order chi connectivity index (χ0) is 30.0.